The van der Waals surface area contributed by atoms with Crippen molar-refractivity contribution >= 4 is 44.9 Å². The van der Waals surface area contributed by atoms with Crippen LogP contribution in [0.5, 0.6) is 5.75 Å². The predicted molar refractivity (Wildman–Crippen MR) is 85.9 cm³/mol. The molecule has 3 aromatic rings. The van der Waals surface area contributed by atoms with Crippen LogP contribution in [0.1, 0.15) is 10.4 Å². The normalized spacial score (nSPS) is 13.1. The highest BCUT2D eigenvalue weighted by Gasteiger charge is 2.17. The molecule has 0 saturated heterocycles. The maximum atomic E-state index is 12.3. The number of hydrogen-bond donors (Lipinski definition) is 2. The van der Waals surface area contributed by atoms with Gasteiger partial charge in [-0.1, -0.05) is 4.49 Å². The summed E-state index contributed by atoms with van der Waals surface area (Å²) in [6.07, 6.45) is 0. The fourth-order valence-corrected chi connectivity index (χ4v) is 2.83. The Morgan fingerprint density at radius 3 is 3.09 bits per heavy atom. The van der Waals surface area contributed by atoms with Gasteiger partial charge in [-0.25, -0.2) is 0 Å². The molecule has 0 radical (unpaired) electrons. The molecule has 2 aromatic carbocycles. The molecule has 4 rings (SSSR count). The average molecular weight is 326 g/mol. The van der Waals surface area contributed by atoms with Gasteiger partial charge in [0, 0.05) is 11.3 Å². The monoisotopic (exact) mass is 326 g/mol. The van der Waals surface area contributed by atoms with Crippen molar-refractivity contribution in [1.29, 1.82) is 0 Å². The summed E-state index contributed by atoms with van der Waals surface area (Å²) in [6.45, 7) is 0.000393. The van der Waals surface area contributed by atoms with E-state index in [0.717, 1.165) is 4.70 Å². The van der Waals surface area contributed by atoms with Gasteiger partial charge in [0.25, 0.3) is 11.8 Å². The molecule has 1 aromatic heterocycles. The summed E-state index contributed by atoms with van der Waals surface area (Å²) in [5.74, 6) is 0.0999. The van der Waals surface area contributed by atoms with E-state index in [2.05, 4.69) is 20.2 Å². The van der Waals surface area contributed by atoms with Gasteiger partial charge >= 0.3 is 0 Å². The van der Waals surface area contributed by atoms with Gasteiger partial charge in [-0.05, 0) is 47.9 Å². The maximum absolute atomic E-state index is 12.3. The topological polar surface area (TPSA) is 93.2 Å². The van der Waals surface area contributed by atoms with Crippen molar-refractivity contribution in [2.75, 3.05) is 17.2 Å². The predicted octanol–water partition coefficient (Wildman–Crippen LogP) is 2.27. The lowest BCUT2D eigenvalue weighted by atomic mass is 10.2. The average Bonchev–Trinajstić information content (AvgIpc) is 3.02. The fraction of sp³-hybridized carbons (Fsp3) is 0.0667. The number of rotatable bonds is 2. The van der Waals surface area contributed by atoms with Crippen LogP contribution in [0, 0.1) is 0 Å². The maximum Gasteiger partial charge on any atom is 0.262 e. The van der Waals surface area contributed by atoms with E-state index in [-0.39, 0.29) is 18.4 Å². The molecule has 2 amide bonds. The van der Waals surface area contributed by atoms with E-state index >= 15 is 0 Å². The molecular formula is C15H10N4O3S. The summed E-state index contributed by atoms with van der Waals surface area (Å²) in [6, 6.07) is 10.3. The summed E-state index contributed by atoms with van der Waals surface area (Å²) in [7, 11) is 0. The third kappa shape index (κ3) is 2.59. The minimum atomic E-state index is -0.261. The van der Waals surface area contributed by atoms with Crippen LogP contribution in [-0.4, -0.2) is 28.0 Å². The number of ether oxygens (including phenoxy) is 1. The lowest BCUT2D eigenvalue weighted by Gasteiger charge is -2.18. The zero-order valence-electron chi connectivity index (χ0n) is 11.7. The number of amides is 2. The first-order chi connectivity index (χ1) is 11.2. The molecule has 0 saturated carbocycles. The van der Waals surface area contributed by atoms with E-state index in [1.807, 2.05) is 6.07 Å². The molecule has 114 valence electrons. The molecular weight excluding hydrogens is 316 g/mol. The number of aromatic nitrogens is 2. The molecule has 8 heteroatoms. The van der Waals surface area contributed by atoms with E-state index in [9.17, 15) is 9.59 Å². The summed E-state index contributed by atoms with van der Waals surface area (Å²) in [4.78, 5) is 23.7. The second kappa shape index (κ2) is 5.33. The van der Waals surface area contributed by atoms with Gasteiger partial charge in [0.2, 0.25) is 0 Å². The van der Waals surface area contributed by atoms with Crippen molar-refractivity contribution in [2.24, 2.45) is 0 Å². The van der Waals surface area contributed by atoms with Crippen molar-refractivity contribution in [3.8, 4) is 5.75 Å². The standard InChI is InChI=1S/C15H10N4O3S/c20-14-7-22-12-3-2-9(6-10(12)17-14)16-15(21)8-1-4-13-11(5-8)18-19-23-13/h1-6H,7H2,(H,16,21)(H,17,20). The SMILES string of the molecule is O=C1COc2ccc(NC(=O)c3ccc4snnc4c3)cc2N1. The van der Waals surface area contributed by atoms with E-state index in [0.29, 0.717) is 28.2 Å². The first kappa shape index (κ1) is 13.6. The van der Waals surface area contributed by atoms with Crippen molar-refractivity contribution in [3.63, 3.8) is 0 Å². The van der Waals surface area contributed by atoms with Crippen molar-refractivity contribution < 1.29 is 14.3 Å². The number of anilines is 2. The summed E-state index contributed by atoms with van der Waals surface area (Å²) in [5, 5.41) is 9.45. The molecule has 0 spiro atoms. The molecule has 0 bridgehead atoms. The highest BCUT2D eigenvalue weighted by molar-refractivity contribution is 7.12. The second-order valence-corrected chi connectivity index (χ2v) is 5.74. The molecule has 2 heterocycles. The minimum Gasteiger partial charge on any atom is -0.482 e. The third-order valence-corrected chi connectivity index (χ3v) is 4.08. The van der Waals surface area contributed by atoms with Gasteiger partial charge in [0.05, 0.1) is 10.4 Å². The number of carbonyl (C=O) groups is 2. The molecule has 0 fully saturated rings. The van der Waals surface area contributed by atoms with E-state index in [1.54, 1.807) is 30.3 Å². The Hall–Kier alpha value is -3.00. The van der Waals surface area contributed by atoms with Crippen LogP contribution in [0.4, 0.5) is 11.4 Å². The smallest absolute Gasteiger partial charge is 0.262 e. The largest absolute Gasteiger partial charge is 0.482 e. The summed E-state index contributed by atoms with van der Waals surface area (Å²) >= 11 is 1.28. The Balaban J connectivity index is 1.58. The van der Waals surface area contributed by atoms with Gasteiger partial charge in [-0.3, -0.25) is 9.59 Å². The first-order valence-electron chi connectivity index (χ1n) is 6.79. The first-order valence-corrected chi connectivity index (χ1v) is 7.56. The molecule has 1 aliphatic rings. The fourth-order valence-electron chi connectivity index (χ4n) is 2.29. The van der Waals surface area contributed by atoms with Gasteiger partial charge in [-0.2, -0.15) is 0 Å². The number of nitrogens with zero attached hydrogens (tertiary/aromatic N) is 2. The number of carbonyl (C=O) groups excluding carboxylic acids is 2. The molecule has 0 aliphatic carbocycles. The molecule has 0 unspecified atom stereocenters. The summed E-state index contributed by atoms with van der Waals surface area (Å²) < 4.78 is 10.1. The number of fused-ring (bicyclic) bond motifs is 2. The van der Waals surface area contributed by atoms with Crippen molar-refractivity contribution in [1.82, 2.24) is 9.59 Å². The van der Waals surface area contributed by atoms with E-state index < -0.39 is 0 Å². The lowest BCUT2D eigenvalue weighted by molar-refractivity contribution is -0.118. The van der Waals surface area contributed by atoms with E-state index in [1.165, 1.54) is 11.5 Å². The second-order valence-electron chi connectivity index (χ2n) is 4.96. The van der Waals surface area contributed by atoms with Crippen LogP contribution < -0.4 is 15.4 Å². The van der Waals surface area contributed by atoms with Crippen molar-refractivity contribution in [2.45, 2.75) is 0 Å². The third-order valence-electron chi connectivity index (χ3n) is 3.38. The van der Waals surface area contributed by atoms with Gasteiger partial charge < -0.3 is 15.4 Å². The molecule has 2 N–H and O–H groups in total. The molecule has 1 aliphatic heterocycles. The van der Waals surface area contributed by atoms with Crippen LogP contribution in [0.2, 0.25) is 0 Å². The van der Waals surface area contributed by atoms with Crippen LogP contribution in [0.25, 0.3) is 10.2 Å². The van der Waals surface area contributed by atoms with Gasteiger partial charge in [-0.15, -0.1) is 5.10 Å². The van der Waals surface area contributed by atoms with Crippen LogP contribution >= 0.6 is 11.5 Å². The molecule has 7 nitrogen and oxygen atoms in total. The quantitative estimate of drug-likeness (QED) is 0.753. The molecule has 0 atom stereocenters. The number of nitrogens with one attached hydrogen (secondary N) is 2. The summed E-state index contributed by atoms with van der Waals surface area (Å²) in [5.41, 5.74) is 2.28. The lowest BCUT2D eigenvalue weighted by Crippen LogP contribution is -2.25. The van der Waals surface area contributed by atoms with Gasteiger partial charge in [0.1, 0.15) is 11.3 Å². The highest BCUT2D eigenvalue weighted by Crippen LogP contribution is 2.30. The Morgan fingerprint density at radius 1 is 1.26 bits per heavy atom. The minimum absolute atomic E-state index is 0.000393. The Labute approximate surface area is 134 Å². The zero-order valence-corrected chi connectivity index (χ0v) is 12.5. The molecule has 23 heavy (non-hydrogen) atoms. The highest BCUT2D eigenvalue weighted by atomic mass is 32.1. The van der Waals surface area contributed by atoms with Crippen LogP contribution in [0.15, 0.2) is 36.4 Å². The van der Waals surface area contributed by atoms with Crippen LogP contribution in [0.3, 0.4) is 0 Å². The van der Waals surface area contributed by atoms with Crippen molar-refractivity contribution in [3.05, 3.63) is 42.0 Å². The Bertz CT molecular complexity index is 937. The number of benzene rings is 2. The van der Waals surface area contributed by atoms with Gasteiger partial charge in [0.15, 0.2) is 6.61 Å². The zero-order chi connectivity index (χ0) is 15.8. The van der Waals surface area contributed by atoms with E-state index in [4.69, 9.17) is 4.74 Å². The Morgan fingerprint density at radius 2 is 2.17 bits per heavy atom. The number of hydrogen-bond acceptors (Lipinski definition) is 6. The Kier molecular flexibility index (Phi) is 3.16. The van der Waals surface area contributed by atoms with Crippen LogP contribution in [-0.2, 0) is 4.79 Å².